The quantitative estimate of drug-likeness (QED) is 0.711. The van der Waals surface area contributed by atoms with Crippen LogP contribution in [-0.4, -0.2) is 36.2 Å². The molecule has 0 saturated heterocycles. The van der Waals surface area contributed by atoms with E-state index in [1.54, 1.807) is 13.8 Å². The summed E-state index contributed by atoms with van der Waals surface area (Å²) >= 11 is 1.38. The van der Waals surface area contributed by atoms with Crippen LogP contribution in [-0.2, 0) is 19.1 Å². The molecule has 0 N–H and O–H groups in total. The number of methoxy groups -OCH3 is 1. The number of carbonyl (C=O) groups excluding carboxylic acids is 2. The third-order valence-electron chi connectivity index (χ3n) is 1.84. The molecule has 0 aromatic rings. The topological polar surface area (TPSA) is 52.6 Å². The summed E-state index contributed by atoms with van der Waals surface area (Å²) in [5, 5.41) is 0. The number of hydrogen-bond donors (Lipinski definition) is 0. The van der Waals surface area contributed by atoms with Gasteiger partial charge in [0.05, 0.1) is 18.3 Å². The van der Waals surface area contributed by atoms with Crippen molar-refractivity contribution in [2.75, 3.05) is 18.6 Å². The maximum atomic E-state index is 11.4. The molecule has 4 nitrogen and oxygen atoms in total. The zero-order chi connectivity index (χ0) is 13.7. The van der Waals surface area contributed by atoms with Crippen molar-refractivity contribution in [3.8, 4) is 0 Å². The molecule has 0 aliphatic heterocycles. The summed E-state index contributed by atoms with van der Waals surface area (Å²) in [6, 6.07) is 0. The van der Waals surface area contributed by atoms with Gasteiger partial charge in [0.15, 0.2) is 0 Å². The van der Waals surface area contributed by atoms with Gasteiger partial charge in [0, 0.05) is 5.75 Å². The molecule has 0 spiro atoms. The van der Waals surface area contributed by atoms with E-state index in [-0.39, 0.29) is 17.7 Å². The highest BCUT2D eigenvalue weighted by atomic mass is 32.2. The zero-order valence-corrected chi connectivity index (χ0v) is 12.3. The van der Waals surface area contributed by atoms with Crippen molar-refractivity contribution in [1.82, 2.24) is 0 Å². The highest BCUT2D eigenvalue weighted by Gasteiger charge is 2.29. The summed E-state index contributed by atoms with van der Waals surface area (Å²) in [7, 11) is 1.36. The van der Waals surface area contributed by atoms with Crippen LogP contribution in [0.5, 0.6) is 0 Å². The van der Waals surface area contributed by atoms with Gasteiger partial charge >= 0.3 is 11.9 Å². The van der Waals surface area contributed by atoms with E-state index < -0.39 is 11.0 Å². The Morgan fingerprint density at radius 2 is 1.65 bits per heavy atom. The third kappa shape index (κ3) is 7.26. The van der Waals surface area contributed by atoms with Crippen LogP contribution in [0.3, 0.4) is 0 Å². The molecule has 0 radical (unpaired) electrons. The van der Waals surface area contributed by atoms with Crippen molar-refractivity contribution < 1.29 is 19.1 Å². The molecule has 0 aromatic carbocycles. The van der Waals surface area contributed by atoms with Gasteiger partial charge in [0.25, 0.3) is 0 Å². The minimum absolute atomic E-state index is 0.248. The first-order valence-electron chi connectivity index (χ1n) is 5.46. The molecule has 0 heterocycles. The van der Waals surface area contributed by atoms with Crippen molar-refractivity contribution in [2.45, 2.75) is 40.2 Å². The van der Waals surface area contributed by atoms with Gasteiger partial charge in [-0.3, -0.25) is 9.59 Å². The summed E-state index contributed by atoms with van der Waals surface area (Å²) < 4.78 is 9.85. The molecule has 0 saturated carbocycles. The van der Waals surface area contributed by atoms with E-state index in [1.165, 1.54) is 18.9 Å². The number of rotatable bonds is 5. The molecule has 0 amide bonds. The Labute approximate surface area is 107 Å². The maximum absolute atomic E-state index is 11.4. The van der Waals surface area contributed by atoms with Gasteiger partial charge in [-0.1, -0.05) is 0 Å². The third-order valence-corrected chi connectivity index (χ3v) is 3.21. The second-order valence-corrected chi connectivity index (χ2v) is 6.44. The Balaban J connectivity index is 4.00. The van der Waals surface area contributed by atoms with Gasteiger partial charge in [0.1, 0.15) is 5.60 Å². The van der Waals surface area contributed by atoms with Crippen LogP contribution in [0.1, 0.15) is 34.6 Å². The first kappa shape index (κ1) is 16.3. The summed E-state index contributed by atoms with van der Waals surface area (Å²) in [5.41, 5.74) is -1.04. The SMILES string of the molecule is COC(=O)C(C)(C)CSCC(=O)OC(C)(C)C. The summed E-state index contributed by atoms with van der Waals surface area (Å²) in [6.07, 6.45) is 0. The Kier molecular flexibility index (Phi) is 6.02. The van der Waals surface area contributed by atoms with E-state index in [9.17, 15) is 9.59 Å². The van der Waals surface area contributed by atoms with E-state index >= 15 is 0 Å². The second-order valence-electron chi connectivity index (χ2n) is 5.45. The monoisotopic (exact) mass is 262 g/mol. The highest BCUT2D eigenvalue weighted by Crippen LogP contribution is 2.23. The predicted molar refractivity (Wildman–Crippen MR) is 69.0 cm³/mol. The Hall–Kier alpha value is -0.710. The molecule has 0 fully saturated rings. The summed E-state index contributed by atoms with van der Waals surface area (Å²) in [5.74, 6) is 0.244. The van der Waals surface area contributed by atoms with Crippen LogP contribution in [0.2, 0.25) is 0 Å². The molecular weight excluding hydrogens is 240 g/mol. The first-order chi connectivity index (χ1) is 7.58. The number of esters is 2. The Morgan fingerprint density at radius 1 is 1.12 bits per heavy atom. The molecule has 0 rings (SSSR count). The van der Waals surface area contributed by atoms with Crippen LogP contribution < -0.4 is 0 Å². The smallest absolute Gasteiger partial charge is 0.316 e. The number of ether oxygens (including phenoxy) is 2. The van der Waals surface area contributed by atoms with Gasteiger partial charge in [-0.05, 0) is 34.6 Å². The van der Waals surface area contributed by atoms with E-state index in [2.05, 4.69) is 4.74 Å². The molecule has 100 valence electrons. The molecule has 5 heteroatoms. The lowest BCUT2D eigenvalue weighted by molar-refractivity contribution is -0.152. The van der Waals surface area contributed by atoms with E-state index in [0.29, 0.717) is 5.75 Å². The van der Waals surface area contributed by atoms with Crippen molar-refractivity contribution >= 4 is 23.7 Å². The fourth-order valence-electron chi connectivity index (χ4n) is 1.10. The van der Waals surface area contributed by atoms with E-state index in [4.69, 9.17) is 4.74 Å². The van der Waals surface area contributed by atoms with Gasteiger partial charge < -0.3 is 9.47 Å². The number of carbonyl (C=O) groups is 2. The molecule has 0 aromatic heterocycles. The molecule has 0 atom stereocenters. The van der Waals surface area contributed by atoms with Crippen molar-refractivity contribution in [1.29, 1.82) is 0 Å². The molecule has 0 aliphatic carbocycles. The molecular formula is C12H22O4S. The Morgan fingerprint density at radius 3 is 2.06 bits per heavy atom. The van der Waals surface area contributed by atoms with Gasteiger partial charge in [-0.25, -0.2) is 0 Å². The number of hydrogen-bond acceptors (Lipinski definition) is 5. The zero-order valence-electron chi connectivity index (χ0n) is 11.5. The van der Waals surface area contributed by atoms with Crippen molar-refractivity contribution in [3.05, 3.63) is 0 Å². The minimum Gasteiger partial charge on any atom is -0.469 e. The van der Waals surface area contributed by atoms with E-state index in [1.807, 2.05) is 20.8 Å². The first-order valence-corrected chi connectivity index (χ1v) is 6.62. The van der Waals surface area contributed by atoms with E-state index in [0.717, 1.165) is 0 Å². The van der Waals surface area contributed by atoms with Gasteiger partial charge in [-0.2, -0.15) is 0 Å². The summed E-state index contributed by atoms with van der Waals surface area (Å²) in [6.45, 7) is 9.07. The minimum atomic E-state index is -0.582. The van der Waals surface area contributed by atoms with Crippen molar-refractivity contribution in [3.63, 3.8) is 0 Å². The largest absolute Gasteiger partial charge is 0.469 e. The lowest BCUT2D eigenvalue weighted by Gasteiger charge is -2.22. The maximum Gasteiger partial charge on any atom is 0.316 e. The van der Waals surface area contributed by atoms with Crippen LogP contribution in [0.15, 0.2) is 0 Å². The average Bonchev–Trinajstić information content (AvgIpc) is 2.13. The molecule has 0 aliphatic rings. The van der Waals surface area contributed by atoms with Gasteiger partial charge in [-0.15, -0.1) is 11.8 Å². The molecule has 0 unspecified atom stereocenters. The van der Waals surface area contributed by atoms with Crippen molar-refractivity contribution in [2.24, 2.45) is 5.41 Å². The lowest BCUT2D eigenvalue weighted by atomic mass is 9.97. The van der Waals surface area contributed by atoms with Gasteiger partial charge in [0.2, 0.25) is 0 Å². The highest BCUT2D eigenvalue weighted by molar-refractivity contribution is 7.99. The van der Waals surface area contributed by atoms with Crippen LogP contribution in [0.4, 0.5) is 0 Å². The fraction of sp³-hybridized carbons (Fsp3) is 0.833. The van der Waals surface area contributed by atoms with Crippen LogP contribution in [0.25, 0.3) is 0 Å². The van der Waals surface area contributed by atoms with Crippen LogP contribution in [0, 0.1) is 5.41 Å². The molecule has 17 heavy (non-hydrogen) atoms. The predicted octanol–water partition coefficient (Wildman–Crippen LogP) is 2.26. The van der Waals surface area contributed by atoms with Crippen LogP contribution >= 0.6 is 11.8 Å². The number of thioether (sulfide) groups is 1. The summed E-state index contributed by atoms with van der Waals surface area (Å²) in [4.78, 5) is 22.8. The standard InChI is InChI=1S/C12H22O4S/c1-11(2,3)16-9(13)7-17-8-12(4,5)10(14)15-6/h7-8H2,1-6H3. The second kappa shape index (κ2) is 6.28. The Bertz CT molecular complexity index is 279. The lowest BCUT2D eigenvalue weighted by Crippen LogP contribution is -2.29. The average molecular weight is 262 g/mol. The normalized spacial score (nSPS) is 12.1. The molecule has 0 bridgehead atoms. The fourth-order valence-corrected chi connectivity index (χ4v) is 2.05.